The van der Waals surface area contributed by atoms with Crippen molar-refractivity contribution in [3.8, 4) is 0 Å². The third-order valence-corrected chi connectivity index (χ3v) is 5.11. The summed E-state index contributed by atoms with van der Waals surface area (Å²) in [6.07, 6.45) is 2.25. The summed E-state index contributed by atoms with van der Waals surface area (Å²) in [6.45, 7) is 6.42. The number of hydrogen-bond acceptors (Lipinski definition) is 10. The predicted molar refractivity (Wildman–Crippen MR) is 113 cm³/mol. The third kappa shape index (κ3) is 4.62. The molecule has 1 aromatic carbocycles. The fourth-order valence-electron chi connectivity index (χ4n) is 3.39. The van der Waals surface area contributed by atoms with Gasteiger partial charge in [-0.3, -0.25) is 10.1 Å². The van der Waals surface area contributed by atoms with Crippen LogP contribution in [0.2, 0.25) is 0 Å². The van der Waals surface area contributed by atoms with E-state index in [4.69, 9.17) is 4.74 Å². The molecule has 11 heteroatoms. The first kappa shape index (κ1) is 20.0. The van der Waals surface area contributed by atoms with Crippen LogP contribution in [0.15, 0.2) is 29.4 Å². The minimum absolute atomic E-state index is 0.0439. The van der Waals surface area contributed by atoms with Gasteiger partial charge in [0, 0.05) is 38.3 Å². The van der Waals surface area contributed by atoms with Crippen molar-refractivity contribution in [2.75, 3.05) is 54.6 Å². The minimum atomic E-state index is -0.424. The van der Waals surface area contributed by atoms with Gasteiger partial charge in [0.25, 0.3) is 5.69 Å². The Morgan fingerprint density at radius 1 is 1.03 bits per heavy atom. The monoisotopic (exact) mass is 412 g/mol. The zero-order chi connectivity index (χ0) is 20.9. The lowest BCUT2D eigenvalue weighted by Crippen LogP contribution is -2.38. The Hall–Kier alpha value is -3.34. The molecule has 2 aromatic rings. The fraction of sp³-hybridized carbons (Fsp3) is 0.474. The highest BCUT2D eigenvalue weighted by atomic mass is 16.6. The maximum Gasteiger partial charge on any atom is 0.269 e. The Morgan fingerprint density at radius 3 is 2.23 bits per heavy atom. The second-order valence-corrected chi connectivity index (χ2v) is 7.17. The molecule has 0 amide bonds. The van der Waals surface area contributed by atoms with Crippen molar-refractivity contribution in [1.29, 1.82) is 0 Å². The highest BCUT2D eigenvalue weighted by Gasteiger charge is 2.21. The Balaban J connectivity index is 1.56. The molecule has 30 heavy (non-hydrogen) atoms. The fourth-order valence-corrected chi connectivity index (χ4v) is 3.39. The number of benzene rings is 1. The highest BCUT2D eigenvalue weighted by molar-refractivity contribution is 5.99. The van der Waals surface area contributed by atoms with E-state index in [1.165, 1.54) is 12.1 Å². The van der Waals surface area contributed by atoms with Crippen LogP contribution in [0.3, 0.4) is 0 Å². The van der Waals surface area contributed by atoms with Crippen molar-refractivity contribution in [2.24, 2.45) is 5.10 Å². The van der Waals surface area contributed by atoms with Gasteiger partial charge in [-0.2, -0.15) is 20.1 Å². The van der Waals surface area contributed by atoms with Crippen LogP contribution in [0.4, 0.5) is 23.5 Å². The molecule has 2 aliphatic heterocycles. The van der Waals surface area contributed by atoms with Crippen molar-refractivity contribution >= 4 is 29.2 Å². The summed E-state index contributed by atoms with van der Waals surface area (Å²) in [7, 11) is 0. The van der Waals surface area contributed by atoms with Gasteiger partial charge in [0.05, 0.1) is 23.8 Å². The average Bonchev–Trinajstić information content (AvgIpc) is 3.33. The largest absolute Gasteiger partial charge is 0.378 e. The van der Waals surface area contributed by atoms with E-state index in [1.807, 2.05) is 6.92 Å². The van der Waals surface area contributed by atoms with Gasteiger partial charge in [-0.15, -0.1) is 0 Å². The van der Waals surface area contributed by atoms with E-state index in [-0.39, 0.29) is 5.69 Å². The first-order valence-electron chi connectivity index (χ1n) is 9.99. The van der Waals surface area contributed by atoms with Gasteiger partial charge in [0.1, 0.15) is 0 Å². The van der Waals surface area contributed by atoms with Crippen LogP contribution in [0, 0.1) is 10.1 Å². The van der Waals surface area contributed by atoms with Gasteiger partial charge in [-0.05, 0) is 37.5 Å². The first-order valence-corrected chi connectivity index (χ1v) is 9.99. The SMILES string of the molecule is C/C(=N/Nc1nc(N2CCCC2)nc(N2CCOCC2)n1)c1ccc([N+](=O)[O-])cc1. The molecule has 1 N–H and O–H groups in total. The maximum atomic E-state index is 10.8. The van der Waals surface area contributed by atoms with Gasteiger partial charge >= 0.3 is 0 Å². The summed E-state index contributed by atoms with van der Waals surface area (Å²) < 4.78 is 5.43. The molecule has 0 aliphatic carbocycles. The van der Waals surface area contributed by atoms with Crippen molar-refractivity contribution in [3.05, 3.63) is 39.9 Å². The van der Waals surface area contributed by atoms with Crippen LogP contribution in [0.25, 0.3) is 0 Å². The van der Waals surface area contributed by atoms with E-state index in [1.54, 1.807) is 12.1 Å². The predicted octanol–water partition coefficient (Wildman–Crippen LogP) is 2.05. The number of nitro groups is 1. The van der Waals surface area contributed by atoms with E-state index in [9.17, 15) is 10.1 Å². The van der Waals surface area contributed by atoms with Gasteiger partial charge < -0.3 is 14.5 Å². The average molecular weight is 412 g/mol. The van der Waals surface area contributed by atoms with Crippen LogP contribution in [-0.2, 0) is 4.74 Å². The van der Waals surface area contributed by atoms with Crippen molar-refractivity contribution in [3.63, 3.8) is 0 Å². The van der Waals surface area contributed by atoms with Crippen LogP contribution in [0.5, 0.6) is 0 Å². The minimum Gasteiger partial charge on any atom is -0.378 e. The number of ether oxygens (including phenoxy) is 1. The van der Waals surface area contributed by atoms with Crippen molar-refractivity contribution < 1.29 is 9.66 Å². The number of non-ortho nitro benzene ring substituents is 1. The number of hydrogen-bond donors (Lipinski definition) is 1. The van der Waals surface area contributed by atoms with Gasteiger partial charge in [0.15, 0.2) is 0 Å². The van der Waals surface area contributed by atoms with Gasteiger partial charge in [0.2, 0.25) is 17.8 Å². The topological polar surface area (TPSA) is 122 Å². The molecule has 2 saturated heterocycles. The molecule has 2 fully saturated rings. The lowest BCUT2D eigenvalue weighted by atomic mass is 10.1. The summed E-state index contributed by atoms with van der Waals surface area (Å²) >= 11 is 0. The van der Waals surface area contributed by atoms with Crippen LogP contribution in [0.1, 0.15) is 25.3 Å². The Morgan fingerprint density at radius 2 is 1.63 bits per heavy atom. The van der Waals surface area contributed by atoms with E-state index in [0.29, 0.717) is 36.8 Å². The van der Waals surface area contributed by atoms with E-state index in [2.05, 4.69) is 35.3 Å². The molecular formula is C19H24N8O3. The standard InChI is InChI=1S/C19H24N8O3/c1-14(15-4-6-16(7-5-15)27(28)29)23-24-17-20-18(25-8-2-3-9-25)22-19(21-17)26-10-12-30-13-11-26/h4-7H,2-3,8-13H2,1H3,(H,20,21,22,24)/b23-14-. The first-order chi connectivity index (χ1) is 14.6. The molecule has 0 bridgehead atoms. The number of nitrogens with zero attached hydrogens (tertiary/aromatic N) is 7. The molecule has 0 saturated carbocycles. The van der Waals surface area contributed by atoms with E-state index in [0.717, 1.165) is 44.6 Å². The molecule has 158 valence electrons. The zero-order valence-electron chi connectivity index (χ0n) is 16.8. The van der Waals surface area contributed by atoms with Crippen molar-refractivity contribution in [1.82, 2.24) is 15.0 Å². The number of aromatic nitrogens is 3. The molecule has 0 atom stereocenters. The molecule has 3 heterocycles. The van der Waals surface area contributed by atoms with Crippen LogP contribution < -0.4 is 15.2 Å². The normalized spacial score (nSPS) is 17.3. The van der Waals surface area contributed by atoms with Crippen LogP contribution >= 0.6 is 0 Å². The number of hydrazone groups is 1. The summed E-state index contributed by atoms with van der Waals surface area (Å²) in [5.74, 6) is 1.63. The Bertz CT molecular complexity index is 922. The summed E-state index contributed by atoms with van der Waals surface area (Å²) in [5, 5.41) is 15.2. The smallest absolute Gasteiger partial charge is 0.269 e. The number of rotatable bonds is 6. The van der Waals surface area contributed by atoms with Crippen LogP contribution in [-0.4, -0.2) is 65.0 Å². The molecule has 2 aliphatic rings. The third-order valence-electron chi connectivity index (χ3n) is 5.11. The summed E-state index contributed by atoms with van der Waals surface area (Å²) in [5.41, 5.74) is 4.42. The molecule has 1 aromatic heterocycles. The number of nitro benzene ring substituents is 1. The molecule has 0 radical (unpaired) electrons. The summed E-state index contributed by atoms with van der Waals surface area (Å²) in [6, 6.07) is 6.25. The summed E-state index contributed by atoms with van der Waals surface area (Å²) in [4.78, 5) is 28.4. The number of morpholine rings is 1. The number of nitrogens with one attached hydrogen (secondary N) is 1. The zero-order valence-corrected chi connectivity index (χ0v) is 16.8. The molecule has 0 spiro atoms. The van der Waals surface area contributed by atoms with E-state index >= 15 is 0 Å². The Labute approximate surface area is 173 Å². The molecular weight excluding hydrogens is 388 g/mol. The Kier molecular flexibility index (Phi) is 5.98. The quantitative estimate of drug-likeness (QED) is 0.431. The van der Waals surface area contributed by atoms with Crippen molar-refractivity contribution in [2.45, 2.75) is 19.8 Å². The van der Waals surface area contributed by atoms with E-state index < -0.39 is 4.92 Å². The molecule has 0 unspecified atom stereocenters. The second-order valence-electron chi connectivity index (χ2n) is 7.17. The molecule has 11 nitrogen and oxygen atoms in total. The lowest BCUT2D eigenvalue weighted by Gasteiger charge is -2.27. The number of anilines is 3. The molecule has 4 rings (SSSR count). The van der Waals surface area contributed by atoms with Gasteiger partial charge in [-0.25, -0.2) is 5.43 Å². The van der Waals surface area contributed by atoms with Gasteiger partial charge in [-0.1, -0.05) is 0 Å². The maximum absolute atomic E-state index is 10.8. The lowest BCUT2D eigenvalue weighted by molar-refractivity contribution is -0.384. The highest BCUT2D eigenvalue weighted by Crippen LogP contribution is 2.21. The second kappa shape index (κ2) is 8.99.